The molecule has 1 aromatic carbocycles. The van der Waals surface area contributed by atoms with Gasteiger partial charge in [0.15, 0.2) is 0 Å². The van der Waals surface area contributed by atoms with E-state index in [9.17, 15) is 4.79 Å². The maximum atomic E-state index is 12.2. The molecule has 0 aliphatic rings. The van der Waals surface area contributed by atoms with E-state index in [1.165, 1.54) is 23.7 Å². The minimum absolute atomic E-state index is 0.174. The molecule has 0 spiro atoms. The minimum Gasteiger partial charge on any atom is -0.344 e. The van der Waals surface area contributed by atoms with Crippen LogP contribution < -0.4 is 5.32 Å². The van der Waals surface area contributed by atoms with Gasteiger partial charge in [-0.3, -0.25) is 9.48 Å². The van der Waals surface area contributed by atoms with Gasteiger partial charge >= 0.3 is 0 Å². The van der Waals surface area contributed by atoms with E-state index in [1.807, 2.05) is 35.7 Å². The highest BCUT2D eigenvalue weighted by atomic mass is 32.1. The van der Waals surface area contributed by atoms with Gasteiger partial charge in [0, 0.05) is 11.5 Å². The Bertz CT molecular complexity index is 753. The topological polar surface area (TPSA) is 72.7 Å². The van der Waals surface area contributed by atoms with Gasteiger partial charge in [-0.2, -0.15) is 5.10 Å². The molecule has 2 heterocycles. The lowest BCUT2D eigenvalue weighted by Crippen LogP contribution is -2.30. The van der Waals surface area contributed by atoms with Crippen molar-refractivity contribution >= 4 is 23.3 Å². The van der Waals surface area contributed by atoms with E-state index in [1.54, 1.807) is 22.6 Å². The Hall–Kier alpha value is -2.80. The molecule has 0 unspecified atom stereocenters. The first-order valence-corrected chi connectivity index (χ1v) is 7.99. The lowest BCUT2D eigenvalue weighted by Gasteiger charge is -2.18. The van der Waals surface area contributed by atoms with Crippen LogP contribution in [0.25, 0.3) is 6.08 Å². The fourth-order valence-electron chi connectivity index (χ4n) is 2.12. The third-order valence-electron chi connectivity index (χ3n) is 3.21. The number of nitrogens with one attached hydrogen (secondary N) is 1. The second-order valence-electron chi connectivity index (χ2n) is 4.84. The smallest absolute Gasteiger partial charge is 0.244 e. The first kappa shape index (κ1) is 15.1. The molecule has 1 atom stereocenters. The zero-order valence-corrected chi connectivity index (χ0v) is 13.1. The number of rotatable bonds is 6. The molecule has 7 heteroatoms. The predicted octanol–water partition coefficient (Wildman–Crippen LogP) is 2.31. The normalized spacial score (nSPS) is 12.3. The van der Waals surface area contributed by atoms with E-state index in [0.29, 0.717) is 6.54 Å². The highest BCUT2D eigenvalue weighted by Crippen LogP contribution is 2.14. The Morgan fingerprint density at radius 2 is 2.22 bits per heavy atom. The molecule has 0 saturated carbocycles. The largest absolute Gasteiger partial charge is 0.344 e. The fourth-order valence-corrected chi connectivity index (χ4v) is 2.64. The molecule has 0 aliphatic carbocycles. The molecule has 23 heavy (non-hydrogen) atoms. The van der Waals surface area contributed by atoms with Gasteiger partial charge in [-0.1, -0.05) is 30.3 Å². The fraction of sp³-hybridized carbons (Fsp3) is 0.125. The molecule has 2 aromatic heterocycles. The molecule has 0 aliphatic heterocycles. The number of hydrogen-bond acceptors (Lipinski definition) is 5. The second-order valence-corrected chi connectivity index (χ2v) is 5.55. The van der Waals surface area contributed by atoms with Crippen LogP contribution in [0.4, 0.5) is 0 Å². The molecule has 0 saturated heterocycles. The van der Waals surface area contributed by atoms with Gasteiger partial charge in [-0.25, -0.2) is 9.97 Å². The molecule has 3 rings (SSSR count). The molecule has 1 amide bonds. The van der Waals surface area contributed by atoms with Crippen molar-refractivity contribution < 1.29 is 4.79 Å². The standard InChI is InChI=1S/C16H15N5OS/c22-16(7-6-14-9-23-12-18-14)20-15(8-21-11-17-10-19-21)13-4-2-1-3-5-13/h1-7,9-12,15H,8H2,(H,20,22)/b7-6+/t15-/m0/s1. The monoisotopic (exact) mass is 325 g/mol. The Labute approximate surface area is 137 Å². The maximum absolute atomic E-state index is 12.2. The van der Waals surface area contributed by atoms with Crippen LogP contribution in [0.1, 0.15) is 17.3 Å². The summed E-state index contributed by atoms with van der Waals surface area (Å²) in [7, 11) is 0. The van der Waals surface area contributed by atoms with Crippen molar-refractivity contribution in [3.8, 4) is 0 Å². The summed E-state index contributed by atoms with van der Waals surface area (Å²) < 4.78 is 1.70. The third kappa shape index (κ3) is 4.33. The molecule has 1 N–H and O–H groups in total. The average Bonchev–Trinajstić information content (AvgIpc) is 3.27. The van der Waals surface area contributed by atoms with Crippen molar-refractivity contribution in [3.63, 3.8) is 0 Å². The first-order chi connectivity index (χ1) is 11.3. The van der Waals surface area contributed by atoms with Crippen LogP contribution in [0.3, 0.4) is 0 Å². The summed E-state index contributed by atoms with van der Waals surface area (Å²) >= 11 is 1.49. The van der Waals surface area contributed by atoms with Gasteiger partial charge in [0.2, 0.25) is 5.91 Å². The first-order valence-electron chi connectivity index (χ1n) is 7.05. The number of amides is 1. The Balaban J connectivity index is 1.71. The van der Waals surface area contributed by atoms with Gasteiger partial charge in [0.25, 0.3) is 0 Å². The van der Waals surface area contributed by atoms with E-state index >= 15 is 0 Å². The zero-order chi connectivity index (χ0) is 15.9. The summed E-state index contributed by atoms with van der Waals surface area (Å²) in [5.74, 6) is -0.174. The molecular formula is C16H15N5OS. The summed E-state index contributed by atoms with van der Waals surface area (Å²) in [5.41, 5.74) is 3.52. The van der Waals surface area contributed by atoms with Gasteiger partial charge in [0.05, 0.1) is 23.8 Å². The molecule has 0 radical (unpaired) electrons. The van der Waals surface area contributed by atoms with Gasteiger partial charge in [0.1, 0.15) is 12.7 Å². The van der Waals surface area contributed by atoms with Crippen LogP contribution >= 0.6 is 11.3 Å². The van der Waals surface area contributed by atoms with Crippen molar-refractivity contribution in [3.05, 3.63) is 71.2 Å². The van der Waals surface area contributed by atoms with Crippen LogP contribution in [0.2, 0.25) is 0 Å². The van der Waals surface area contributed by atoms with Crippen LogP contribution in [0, 0.1) is 0 Å². The molecular weight excluding hydrogens is 310 g/mol. The van der Waals surface area contributed by atoms with E-state index < -0.39 is 0 Å². The minimum atomic E-state index is -0.189. The Morgan fingerprint density at radius 3 is 2.91 bits per heavy atom. The summed E-state index contributed by atoms with van der Waals surface area (Å²) in [6, 6.07) is 9.60. The Morgan fingerprint density at radius 1 is 1.35 bits per heavy atom. The summed E-state index contributed by atoms with van der Waals surface area (Å²) in [5, 5.41) is 8.98. The number of aromatic nitrogens is 4. The van der Waals surface area contributed by atoms with Crippen LogP contribution in [0.15, 0.2) is 60.0 Å². The van der Waals surface area contributed by atoms with Crippen LogP contribution in [-0.4, -0.2) is 25.7 Å². The average molecular weight is 325 g/mol. The van der Waals surface area contributed by atoms with E-state index in [4.69, 9.17) is 0 Å². The van der Waals surface area contributed by atoms with Gasteiger partial charge in [-0.05, 0) is 11.6 Å². The quantitative estimate of drug-likeness (QED) is 0.706. The van der Waals surface area contributed by atoms with Gasteiger partial charge < -0.3 is 5.32 Å². The van der Waals surface area contributed by atoms with E-state index in [0.717, 1.165) is 11.3 Å². The molecule has 0 fully saturated rings. The number of carbonyl (C=O) groups excluding carboxylic acids is 1. The maximum Gasteiger partial charge on any atom is 0.244 e. The summed E-state index contributed by atoms with van der Waals surface area (Å²) in [6.45, 7) is 0.514. The predicted molar refractivity (Wildman–Crippen MR) is 88.5 cm³/mol. The molecule has 0 bridgehead atoms. The van der Waals surface area contributed by atoms with Crippen molar-refractivity contribution in [2.75, 3.05) is 0 Å². The van der Waals surface area contributed by atoms with Crippen LogP contribution in [-0.2, 0) is 11.3 Å². The second kappa shape index (κ2) is 7.46. The lowest BCUT2D eigenvalue weighted by atomic mass is 10.1. The zero-order valence-electron chi connectivity index (χ0n) is 12.2. The number of nitrogens with zero attached hydrogens (tertiary/aromatic N) is 4. The van der Waals surface area contributed by atoms with Crippen molar-refractivity contribution in [1.29, 1.82) is 0 Å². The lowest BCUT2D eigenvalue weighted by molar-refractivity contribution is -0.117. The summed E-state index contributed by atoms with van der Waals surface area (Å²) in [6.07, 6.45) is 6.30. The molecule has 3 aromatic rings. The number of thiazole rings is 1. The van der Waals surface area contributed by atoms with Gasteiger partial charge in [-0.15, -0.1) is 11.3 Å². The molecule has 6 nitrogen and oxygen atoms in total. The highest BCUT2D eigenvalue weighted by Gasteiger charge is 2.14. The van der Waals surface area contributed by atoms with E-state index in [2.05, 4.69) is 20.4 Å². The van der Waals surface area contributed by atoms with Crippen molar-refractivity contribution in [2.24, 2.45) is 0 Å². The Kier molecular flexibility index (Phi) is 4.90. The van der Waals surface area contributed by atoms with E-state index in [-0.39, 0.29) is 11.9 Å². The SMILES string of the molecule is O=C(/C=C/c1cscn1)N[C@@H](Cn1cncn1)c1ccccc1. The highest BCUT2D eigenvalue weighted by molar-refractivity contribution is 7.07. The van der Waals surface area contributed by atoms with Crippen LogP contribution in [0.5, 0.6) is 0 Å². The number of hydrogen-bond donors (Lipinski definition) is 1. The van der Waals surface area contributed by atoms with Crippen molar-refractivity contribution in [2.45, 2.75) is 12.6 Å². The number of carbonyl (C=O) groups is 1. The summed E-state index contributed by atoms with van der Waals surface area (Å²) in [4.78, 5) is 20.2. The van der Waals surface area contributed by atoms with Crippen molar-refractivity contribution in [1.82, 2.24) is 25.1 Å². The molecule has 116 valence electrons. The number of benzene rings is 1. The third-order valence-corrected chi connectivity index (χ3v) is 3.82.